The van der Waals surface area contributed by atoms with Gasteiger partial charge in [0.05, 0.1) is 11.4 Å². The number of nitrogens with zero attached hydrogens (tertiary/aromatic N) is 3. The van der Waals surface area contributed by atoms with Crippen molar-refractivity contribution in [3.8, 4) is 10.4 Å². The fraction of sp³-hybridized carbons (Fsp3) is 0.500. The molecule has 4 aliphatic heterocycles. The Balaban J connectivity index is 1.37. The number of fused-ring (bicyclic) bond motifs is 2. The summed E-state index contributed by atoms with van der Waals surface area (Å²) in [6, 6.07) is 10.5. The Hall–Kier alpha value is -1.43. The summed E-state index contributed by atoms with van der Waals surface area (Å²) < 4.78 is 6.35. The second-order valence-electron chi connectivity index (χ2n) is 6.96. The third kappa shape index (κ3) is 2.30. The van der Waals surface area contributed by atoms with Crippen LogP contribution in [0, 0.1) is 5.92 Å². The third-order valence-corrected chi connectivity index (χ3v) is 6.72. The number of anilines is 1. The van der Waals surface area contributed by atoms with Crippen LogP contribution >= 0.6 is 11.3 Å². The highest BCUT2D eigenvalue weighted by Crippen LogP contribution is 2.43. The van der Waals surface area contributed by atoms with Crippen molar-refractivity contribution in [2.75, 3.05) is 37.8 Å². The van der Waals surface area contributed by atoms with E-state index < -0.39 is 0 Å². The molecule has 5 heterocycles. The van der Waals surface area contributed by atoms with Crippen molar-refractivity contribution < 1.29 is 4.74 Å². The van der Waals surface area contributed by atoms with Crippen LogP contribution in [0.15, 0.2) is 36.5 Å². The molecule has 4 aliphatic rings. The largest absolute Gasteiger partial charge is 0.351 e. The van der Waals surface area contributed by atoms with E-state index >= 15 is 0 Å². The average Bonchev–Trinajstić information content (AvgIpc) is 3.25. The monoisotopic (exact) mass is 327 g/mol. The van der Waals surface area contributed by atoms with Crippen molar-refractivity contribution in [1.82, 2.24) is 9.88 Å². The van der Waals surface area contributed by atoms with Gasteiger partial charge in [0.1, 0.15) is 12.3 Å². The Labute approximate surface area is 140 Å². The van der Waals surface area contributed by atoms with Gasteiger partial charge in [-0.25, -0.2) is 4.98 Å². The number of thiazole rings is 1. The van der Waals surface area contributed by atoms with Crippen LogP contribution in [0.2, 0.25) is 0 Å². The number of aromatic nitrogens is 1. The van der Waals surface area contributed by atoms with E-state index in [1.165, 1.54) is 36.4 Å². The second-order valence-corrected chi connectivity index (χ2v) is 7.97. The van der Waals surface area contributed by atoms with Gasteiger partial charge in [0, 0.05) is 12.7 Å². The molecule has 0 amide bonds. The third-order valence-electron chi connectivity index (χ3n) is 5.61. The molecule has 6 rings (SSSR count). The van der Waals surface area contributed by atoms with E-state index in [4.69, 9.17) is 4.74 Å². The van der Waals surface area contributed by atoms with Crippen LogP contribution in [0.5, 0.6) is 0 Å². The van der Waals surface area contributed by atoms with E-state index in [2.05, 4.69) is 45.1 Å². The van der Waals surface area contributed by atoms with Gasteiger partial charge in [-0.3, -0.25) is 0 Å². The number of benzene rings is 1. The lowest BCUT2D eigenvalue weighted by molar-refractivity contribution is -0.116. The summed E-state index contributed by atoms with van der Waals surface area (Å²) in [5.41, 5.74) is 1.30. The second kappa shape index (κ2) is 5.30. The summed E-state index contributed by atoms with van der Waals surface area (Å²) >= 11 is 1.77. The van der Waals surface area contributed by atoms with E-state index in [1.807, 2.05) is 6.20 Å². The maximum absolute atomic E-state index is 6.35. The zero-order valence-electron chi connectivity index (χ0n) is 13.1. The van der Waals surface area contributed by atoms with Gasteiger partial charge in [-0.15, -0.1) is 0 Å². The molecule has 4 saturated heterocycles. The van der Waals surface area contributed by atoms with Crippen molar-refractivity contribution >= 4 is 16.5 Å². The average molecular weight is 327 g/mol. The molecule has 1 spiro atoms. The van der Waals surface area contributed by atoms with Gasteiger partial charge in [-0.1, -0.05) is 41.7 Å². The molecule has 0 aliphatic carbocycles. The van der Waals surface area contributed by atoms with Crippen molar-refractivity contribution in [3.63, 3.8) is 0 Å². The van der Waals surface area contributed by atoms with Crippen LogP contribution in [0.3, 0.4) is 0 Å². The van der Waals surface area contributed by atoms with E-state index in [0.717, 1.165) is 24.1 Å². The molecule has 120 valence electrons. The van der Waals surface area contributed by atoms with E-state index in [9.17, 15) is 0 Å². The molecule has 0 N–H and O–H groups in total. The topological polar surface area (TPSA) is 28.6 Å². The summed E-state index contributed by atoms with van der Waals surface area (Å²) in [5.74, 6) is 0.728. The highest BCUT2D eigenvalue weighted by molar-refractivity contribution is 7.18. The Morgan fingerprint density at radius 2 is 1.96 bits per heavy atom. The Bertz CT molecular complexity index is 695. The minimum atomic E-state index is 0.0507. The van der Waals surface area contributed by atoms with Crippen molar-refractivity contribution in [1.29, 1.82) is 0 Å². The van der Waals surface area contributed by atoms with Crippen LogP contribution in [-0.4, -0.2) is 48.4 Å². The Morgan fingerprint density at radius 1 is 1.13 bits per heavy atom. The number of rotatable bonds is 2. The molecule has 23 heavy (non-hydrogen) atoms. The zero-order valence-corrected chi connectivity index (χ0v) is 14.0. The highest BCUT2D eigenvalue weighted by atomic mass is 32.1. The SMILES string of the molecule is c1ccc(-c2cnc(N3CO[C@]4(CN5CCC4CC5)C3)s2)cc1. The molecular weight excluding hydrogens is 306 g/mol. The molecule has 5 heteroatoms. The van der Waals surface area contributed by atoms with Gasteiger partial charge in [-0.05, 0) is 37.4 Å². The van der Waals surface area contributed by atoms with Gasteiger partial charge >= 0.3 is 0 Å². The first-order chi connectivity index (χ1) is 11.3. The maximum atomic E-state index is 6.35. The van der Waals surface area contributed by atoms with Gasteiger partial charge in [-0.2, -0.15) is 0 Å². The summed E-state index contributed by atoms with van der Waals surface area (Å²) in [5, 5.41) is 1.09. The van der Waals surface area contributed by atoms with Gasteiger partial charge in [0.15, 0.2) is 5.13 Å². The lowest BCUT2D eigenvalue weighted by atomic mass is 9.75. The first-order valence-corrected chi connectivity index (χ1v) is 9.27. The van der Waals surface area contributed by atoms with E-state index in [0.29, 0.717) is 6.73 Å². The molecule has 4 nitrogen and oxygen atoms in total. The van der Waals surface area contributed by atoms with Crippen molar-refractivity contribution in [3.05, 3.63) is 36.5 Å². The predicted molar refractivity (Wildman–Crippen MR) is 92.7 cm³/mol. The fourth-order valence-electron chi connectivity index (χ4n) is 4.36. The lowest BCUT2D eigenvalue weighted by Crippen LogP contribution is -2.61. The van der Waals surface area contributed by atoms with Gasteiger partial charge in [0.25, 0.3) is 0 Å². The molecule has 2 bridgehead atoms. The van der Waals surface area contributed by atoms with E-state index in [1.54, 1.807) is 11.3 Å². The van der Waals surface area contributed by atoms with Crippen LogP contribution in [0.1, 0.15) is 12.8 Å². The van der Waals surface area contributed by atoms with Crippen molar-refractivity contribution in [2.45, 2.75) is 18.4 Å². The molecule has 1 atom stereocenters. The van der Waals surface area contributed by atoms with Crippen LogP contribution < -0.4 is 4.90 Å². The molecule has 2 aromatic rings. The quantitative estimate of drug-likeness (QED) is 0.847. The lowest BCUT2D eigenvalue weighted by Gasteiger charge is -2.50. The minimum Gasteiger partial charge on any atom is -0.351 e. The first-order valence-electron chi connectivity index (χ1n) is 8.45. The number of hydrogen-bond acceptors (Lipinski definition) is 5. The van der Waals surface area contributed by atoms with Gasteiger partial charge in [0.2, 0.25) is 0 Å². The van der Waals surface area contributed by atoms with Crippen molar-refractivity contribution in [2.24, 2.45) is 5.92 Å². The Kier molecular flexibility index (Phi) is 3.21. The fourth-order valence-corrected chi connectivity index (χ4v) is 5.27. The smallest absolute Gasteiger partial charge is 0.187 e. The van der Waals surface area contributed by atoms with Crippen LogP contribution in [0.4, 0.5) is 5.13 Å². The normalized spacial score (nSPS) is 32.8. The molecule has 1 aromatic carbocycles. The zero-order chi connectivity index (χ0) is 15.3. The van der Waals surface area contributed by atoms with Crippen LogP contribution in [0.25, 0.3) is 10.4 Å². The summed E-state index contributed by atoms with van der Waals surface area (Å²) in [7, 11) is 0. The molecule has 1 aromatic heterocycles. The Morgan fingerprint density at radius 3 is 2.70 bits per heavy atom. The standard InChI is InChI=1S/C18H21N3OS/c1-2-4-14(5-3-1)16-10-19-17(23-16)21-12-18(22-13-21)11-20-8-6-15(18)7-9-20/h1-5,10,15H,6-9,11-13H2/t18-/m1/s1. The van der Waals surface area contributed by atoms with Crippen LogP contribution in [-0.2, 0) is 4.74 Å². The molecular formula is C18H21N3OS. The number of hydrogen-bond donors (Lipinski definition) is 0. The van der Waals surface area contributed by atoms with Gasteiger partial charge < -0.3 is 14.5 Å². The van der Waals surface area contributed by atoms with E-state index in [-0.39, 0.29) is 5.60 Å². The highest BCUT2D eigenvalue weighted by Gasteiger charge is 2.52. The summed E-state index contributed by atoms with van der Waals surface area (Å²) in [6.07, 6.45) is 4.58. The molecule has 0 unspecified atom stereocenters. The molecule has 4 fully saturated rings. The predicted octanol–water partition coefficient (Wildman–Crippen LogP) is 3.07. The number of piperidine rings is 3. The molecule has 0 saturated carbocycles. The summed E-state index contributed by atoms with van der Waals surface area (Å²) in [4.78, 5) is 10.8. The first kappa shape index (κ1) is 14.0. The molecule has 0 radical (unpaired) electrons. The summed E-state index contributed by atoms with van der Waals surface area (Å²) in [6.45, 7) is 5.30. The number of ether oxygens (including phenoxy) is 1. The minimum absolute atomic E-state index is 0.0507. The maximum Gasteiger partial charge on any atom is 0.187 e.